The molecule has 0 fully saturated rings. The van der Waals surface area contributed by atoms with Crippen molar-refractivity contribution in [2.24, 2.45) is 0 Å². The zero-order valence-corrected chi connectivity index (χ0v) is 10.5. The monoisotopic (exact) mass is 206 g/mol. The predicted octanol–water partition coefficient (Wildman–Crippen LogP) is 3.23. The summed E-state index contributed by atoms with van der Waals surface area (Å²) in [7, 11) is 2.10. The van der Waals surface area contributed by atoms with Crippen molar-refractivity contribution in [2.45, 2.75) is 39.5 Å². The SMILES string of the molecule is CCCN(C)c1cc(C(C)(C)C)ccn1. The summed E-state index contributed by atoms with van der Waals surface area (Å²) >= 11 is 0. The van der Waals surface area contributed by atoms with Crippen LogP contribution in [-0.2, 0) is 5.41 Å². The normalized spacial score (nSPS) is 11.5. The van der Waals surface area contributed by atoms with Crippen molar-refractivity contribution in [3.8, 4) is 0 Å². The third-order valence-corrected chi connectivity index (χ3v) is 2.56. The fourth-order valence-corrected chi connectivity index (χ4v) is 1.54. The molecule has 0 radical (unpaired) electrons. The van der Waals surface area contributed by atoms with Crippen LogP contribution in [0.4, 0.5) is 5.82 Å². The van der Waals surface area contributed by atoms with Crippen LogP contribution in [0.3, 0.4) is 0 Å². The van der Waals surface area contributed by atoms with Crippen LogP contribution in [0.15, 0.2) is 18.3 Å². The van der Waals surface area contributed by atoms with E-state index >= 15 is 0 Å². The van der Waals surface area contributed by atoms with Crippen molar-refractivity contribution in [2.75, 3.05) is 18.5 Å². The lowest BCUT2D eigenvalue weighted by Gasteiger charge is -2.22. The van der Waals surface area contributed by atoms with Gasteiger partial charge in [0.05, 0.1) is 0 Å². The Hall–Kier alpha value is -1.05. The van der Waals surface area contributed by atoms with Gasteiger partial charge in [0.2, 0.25) is 0 Å². The van der Waals surface area contributed by atoms with Crippen LogP contribution < -0.4 is 4.90 Å². The fourth-order valence-electron chi connectivity index (χ4n) is 1.54. The van der Waals surface area contributed by atoms with Crippen LogP contribution in [-0.4, -0.2) is 18.6 Å². The average molecular weight is 206 g/mol. The maximum Gasteiger partial charge on any atom is 0.128 e. The first kappa shape index (κ1) is 12.0. The number of rotatable bonds is 3. The van der Waals surface area contributed by atoms with Crippen molar-refractivity contribution in [3.63, 3.8) is 0 Å². The van der Waals surface area contributed by atoms with Gasteiger partial charge in [-0.05, 0) is 29.5 Å². The van der Waals surface area contributed by atoms with Gasteiger partial charge >= 0.3 is 0 Å². The van der Waals surface area contributed by atoms with E-state index in [1.165, 1.54) is 5.56 Å². The molecule has 0 amide bonds. The molecule has 2 heteroatoms. The molecule has 0 saturated heterocycles. The molecule has 15 heavy (non-hydrogen) atoms. The standard InChI is InChI=1S/C13H22N2/c1-6-9-15(5)12-10-11(7-8-14-12)13(2,3)4/h7-8,10H,6,9H2,1-5H3. The third kappa shape index (κ3) is 3.22. The molecule has 0 atom stereocenters. The first-order valence-corrected chi connectivity index (χ1v) is 5.63. The summed E-state index contributed by atoms with van der Waals surface area (Å²) < 4.78 is 0. The molecule has 1 aromatic heterocycles. The van der Waals surface area contributed by atoms with Crippen LogP contribution in [0, 0.1) is 0 Å². The number of hydrogen-bond donors (Lipinski definition) is 0. The van der Waals surface area contributed by atoms with Crippen molar-refractivity contribution < 1.29 is 0 Å². The topological polar surface area (TPSA) is 16.1 Å². The highest BCUT2D eigenvalue weighted by Crippen LogP contribution is 2.24. The van der Waals surface area contributed by atoms with Gasteiger partial charge in [0.25, 0.3) is 0 Å². The van der Waals surface area contributed by atoms with E-state index in [9.17, 15) is 0 Å². The maximum absolute atomic E-state index is 4.40. The van der Waals surface area contributed by atoms with E-state index in [0.717, 1.165) is 18.8 Å². The van der Waals surface area contributed by atoms with E-state index < -0.39 is 0 Å². The van der Waals surface area contributed by atoms with Gasteiger partial charge in [0.15, 0.2) is 0 Å². The Morgan fingerprint density at radius 2 is 2.00 bits per heavy atom. The Bertz CT molecular complexity index is 313. The summed E-state index contributed by atoms with van der Waals surface area (Å²) in [5, 5.41) is 0. The van der Waals surface area contributed by atoms with E-state index in [-0.39, 0.29) is 5.41 Å². The van der Waals surface area contributed by atoms with Crippen LogP contribution in [0.1, 0.15) is 39.7 Å². The van der Waals surface area contributed by atoms with Gasteiger partial charge in [-0.2, -0.15) is 0 Å². The first-order chi connectivity index (χ1) is 6.95. The first-order valence-electron chi connectivity index (χ1n) is 5.63. The van der Waals surface area contributed by atoms with Gasteiger partial charge in [0.1, 0.15) is 5.82 Å². The Morgan fingerprint density at radius 1 is 1.33 bits per heavy atom. The number of nitrogens with zero attached hydrogens (tertiary/aromatic N) is 2. The molecular formula is C13H22N2. The summed E-state index contributed by atoms with van der Waals surface area (Å²) in [6, 6.07) is 4.29. The molecule has 1 aromatic rings. The van der Waals surface area contributed by atoms with E-state index in [1.807, 2.05) is 6.20 Å². The van der Waals surface area contributed by atoms with Crippen LogP contribution in [0.2, 0.25) is 0 Å². The second kappa shape index (κ2) is 4.65. The van der Waals surface area contributed by atoms with Crippen molar-refractivity contribution in [1.29, 1.82) is 0 Å². The number of anilines is 1. The predicted molar refractivity (Wildman–Crippen MR) is 66.5 cm³/mol. The minimum Gasteiger partial charge on any atom is -0.360 e. The smallest absolute Gasteiger partial charge is 0.128 e. The van der Waals surface area contributed by atoms with Crippen molar-refractivity contribution in [3.05, 3.63) is 23.9 Å². The molecule has 0 bridgehead atoms. The zero-order valence-electron chi connectivity index (χ0n) is 10.5. The molecule has 2 nitrogen and oxygen atoms in total. The number of aromatic nitrogens is 1. The second-order valence-corrected chi connectivity index (χ2v) is 5.07. The van der Waals surface area contributed by atoms with E-state index in [2.05, 4.69) is 56.8 Å². The quantitative estimate of drug-likeness (QED) is 0.755. The summed E-state index contributed by atoms with van der Waals surface area (Å²) in [6.07, 6.45) is 3.06. The van der Waals surface area contributed by atoms with Gasteiger partial charge in [-0.15, -0.1) is 0 Å². The van der Waals surface area contributed by atoms with Gasteiger partial charge < -0.3 is 4.90 Å². The maximum atomic E-state index is 4.40. The molecule has 1 rings (SSSR count). The molecule has 0 unspecified atom stereocenters. The molecule has 0 saturated carbocycles. The Kier molecular flexibility index (Phi) is 3.72. The molecular weight excluding hydrogens is 184 g/mol. The minimum atomic E-state index is 0.199. The fraction of sp³-hybridized carbons (Fsp3) is 0.615. The molecule has 0 aliphatic heterocycles. The lowest BCUT2D eigenvalue weighted by atomic mass is 9.88. The molecule has 0 aliphatic rings. The molecule has 0 aromatic carbocycles. The summed E-state index contributed by atoms with van der Waals surface area (Å²) in [4.78, 5) is 6.60. The van der Waals surface area contributed by atoms with Crippen LogP contribution >= 0.6 is 0 Å². The molecule has 0 aliphatic carbocycles. The molecule has 0 N–H and O–H groups in total. The number of hydrogen-bond acceptors (Lipinski definition) is 2. The molecule has 1 heterocycles. The Balaban J connectivity index is 2.92. The summed E-state index contributed by atoms with van der Waals surface area (Å²) in [5.74, 6) is 1.07. The lowest BCUT2D eigenvalue weighted by Crippen LogP contribution is -2.20. The summed E-state index contributed by atoms with van der Waals surface area (Å²) in [6.45, 7) is 9.93. The van der Waals surface area contributed by atoms with Gasteiger partial charge in [-0.1, -0.05) is 27.7 Å². The van der Waals surface area contributed by atoms with E-state index in [0.29, 0.717) is 0 Å². The van der Waals surface area contributed by atoms with Crippen molar-refractivity contribution >= 4 is 5.82 Å². The average Bonchev–Trinajstić information content (AvgIpc) is 2.17. The van der Waals surface area contributed by atoms with Crippen LogP contribution in [0.5, 0.6) is 0 Å². The Labute approximate surface area is 93.3 Å². The Morgan fingerprint density at radius 3 is 2.53 bits per heavy atom. The highest BCUT2D eigenvalue weighted by Gasteiger charge is 2.14. The summed E-state index contributed by atoms with van der Waals surface area (Å²) in [5.41, 5.74) is 1.54. The third-order valence-electron chi connectivity index (χ3n) is 2.56. The lowest BCUT2D eigenvalue weighted by molar-refractivity contribution is 0.589. The second-order valence-electron chi connectivity index (χ2n) is 5.07. The minimum absolute atomic E-state index is 0.199. The largest absolute Gasteiger partial charge is 0.360 e. The van der Waals surface area contributed by atoms with E-state index in [4.69, 9.17) is 0 Å². The zero-order chi connectivity index (χ0) is 11.5. The van der Waals surface area contributed by atoms with Crippen LogP contribution in [0.25, 0.3) is 0 Å². The van der Waals surface area contributed by atoms with Gasteiger partial charge in [-0.25, -0.2) is 4.98 Å². The molecule has 0 spiro atoms. The van der Waals surface area contributed by atoms with E-state index in [1.54, 1.807) is 0 Å². The number of pyridine rings is 1. The highest BCUT2D eigenvalue weighted by molar-refractivity contribution is 5.41. The van der Waals surface area contributed by atoms with Gasteiger partial charge in [-0.3, -0.25) is 0 Å². The van der Waals surface area contributed by atoms with Gasteiger partial charge in [0, 0.05) is 19.8 Å². The highest BCUT2D eigenvalue weighted by atomic mass is 15.2. The van der Waals surface area contributed by atoms with Crippen molar-refractivity contribution in [1.82, 2.24) is 4.98 Å². The molecule has 84 valence electrons.